The summed E-state index contributed by atoms with van der Waals surface area (Å²) in [6.07, 6.45) is 12.6. The minimum Gasteiger partial charge on any atom is -0.393 e. The van der Waals surface area contributed by atoms with Gasteiger partial charge in [-0.3, -0.25) is 4.79 Å². The van der Waals surface area contributed by atoms with Gasteiger partial charge >= 0.3 is 0 Å². The second kappa shape index (κ2) is 7.35. The van der Waals surface area contributed by atoms with Gasteiger partial charge in [-0.25, -0.2) is 0 Å². The van der Waals surface area contributed by atoms with Crippen molar-refractivity contribution in [2.75, 3.05) is 13.2 Å². The maximum Gasteiger partial charge on any atom is 0.157 e. The zero-order chi connectivity index (χ0) is 19.4. The van der Waals surface area contributed by atoms with Gasteiger partial charge in [0.15, 0.2) is 6.29 Å². The number of carbonyl (C=O) groups excluding carboxylic acids is 1. The number of ether oxygens (including phenoxy) is 2. The van der Waals surface area contributed by atoms with Crippen molar-refractivity contribution in [3.8, 4) is 0 Å². The molecule has 1 unspecified atom stereocenters. The van der Waals surface area contributed by atoms with Crippen LogP contribution in [0.15, 0.2) is 0 Å². The second-order valence-corrected chi connectivity index (χ2v) is 10.9. The van der Waals surface area contributed by atoms with Crippen molar-refractivity contribution in [1.82, 2.24) is 0 Å². The Morgan fingerprint density at radius 3 is 2.79 bits per heavy atom. The first kappa shape index (κ1) is 19.5. The molecule has 1 N–H and O–H groups in total. The van der Waals surface area contributed by atoms with Gasteiger partial charge in [0.2, 0.25) is 0 Å². The van der Waals surface area contributed by atoms with Crippen LogP contribution in [0.4, 0.5) is 0 Å². The molecule has 4 saturated carbocycles. The number of Topliss-reactive ketones (excluding diaryl/α,β-unsaturated/α-hetero) is 1. The molecular formula is C24H38O4. The van der Waals surface area contributed by atoms with E-state index in [1.54, 1.807) is 0 Å². The van der Waals surface area contributed by atoms with Gasteiger partial charge < -0.3 is 14.6 Å². The maximum atomic E-state index is 12.3. The van der Waals surface area contributed by atoms with Crippen molar-refractivity contribution in [1.29, 1.82) is 0 Å². The molecule has 0 bridgehead atoms. The molecule has 0 aromatic heterocycles. The molecule has 0 amide bonds. The number of aliphatic hydroxyl groups is 1. The quantitative estimate of drug-likeness (QED) is 0.772. The van der Waals surface area contributed by atoms with E-state index in [0.29, 0.717) is 29.5 Å². The molecule has 0 radical (unpaired) electrons. The van der Waals surface area contributed by atoms with Gasteiger partial charge in [-0.15, -0.1) is 0 Å². The molecule has 5 aliphatic rings. The molecule has 0 spiro atoms. The van der Waals surface area contributed by atoms with E-state index in [4.69, 9.17) is 9.47 Å². The number of hydrogen-bond acceptors (Lipinski definition) is 4. The predicted octanol–water partition coefficient (Wildman–Crippen LogP) is 4.48. The van der Waals surface area contributed by atoms with Crippen LogP contribution in [0.3, 0.4) is 0 Å². The third kappa shape index (κ3) is 3.01. The Morgan fingerprint density at radius 2 is 1.96 bits per heavy atom. The van der Waals surface area contributed by atoms with E-state index >= 15 is 0 Å². The van der Waals surface area contributed by atoms with Crippen LogP contribution < -0.4 is 0 Å². The third-order valence-corrected chi connectivity index (χ3v) is 9.81. The van der Waals surface area contributed by atoms with E-state index in [9.17, 15) is 9.90 Å². The zero-order valence-electron chi connectivity index (χ0n) is 17.5. The standard InChI is InChI=1S/C24H38O4/c1-23-11-10-20-18(19(23)7-8-21(23)26)6-5-16-14-17(25)9-12-24(16,20)15-28-22-4-2-3-13-27-22/h16,18-22,26H,2-15H2,1H3/t16-,18-,19-,20-,21-,22?,23-,24+/m0/s1. The summed E-state index contributed by atoms with van der Waals surface area (Å²) in [4.78, 5) is 12.3. The highest BCUT2D eigenvalue weighted by molar-refractivity contribution is 5.79. The fourth-order valence-electron chi connectivity index (χ4n) is 8.19. The van der Waals surface area contributed by atoms with Crippen molar-refractivity contribution in [3.05, 3.63) is 0 Å². The number of aliphatic hydroxyl groups excluding tert-OH is 1. The van der Waals surface area contributed by atoms with Gasteiger partial charge in [0.1, 0.15) is 5.78 Å². The van der Waals surface area contributed by atoms with Gasteiger partial charge in [-0.2, -0.15) is 0 Å². The van der Waals surface area contributed by atoms with E-state index < -0.39 is 0 Å². The molecular weight excluding hydrogens is 352 g/mol. The smallest absolute Gasteiger partial charge is 0.157 e. The van der Waals surface area contributed by atoms with Gasteiger partial charge in [-0.05, 0) is 93.3 Å². The Kier molecular flexibility index (Phi) is 5.12. The maximum absolute atomic E-state index is 12.3. The molecule has 4 nitrogen and oxygen atoms in total. The Bertz CT molecular complexity index is 599. The molecule has 4 heteroatoms. The first-order chi connectivity index (χ1) is 13.5. The molecule has 158 valence electrons. The van der Waals surface area contributed by atoms with Crippen LogP contribution in [-0.2, 0) is 14.3 Å². The molecule has 0 aromatic carbocycles. The number of hydrogen-bond donors (Lipinski definition) is 1. The minimum atomic E-state index is -0.119. The summed E-state index contributed by atoms with van der Waals surface area (Å²) < 4.78 is 12.3. The SMILES string of the molecule is C[C@]12CC[C@H]3[C@@H](CC[C@H]4CC(=O)CC[C@@]43COC3CCCCO3)[C@@H]1CC[C@@H]2O. The summed E-state index contributed by atoms with van der Waals surface area (Å²) in [6.45, 7) is 3.95. The van der Waals surface area contributed by atoms with Crippen molar-refractivity contribution in [2.45, 2.75) is 96.4 Å². The van der Waals surface area contributed by atoms with Crippen LogP contribution in [0.1, 0.15) is 84.0 Å². The van der Waals surface area contributed by atoms with E-state index in [-0.39, 0.29) is 23.2 Å². The number of fused-ring (bicyclic) bond motifs is 5. The molecule has 8 atom stereocenters. The lowest BCUT2D eigenvalue weighted by Gasteiger charge is -2.61. The summed E-state index contributed by atoms with van der Waals surface area (Å²) in [5, 5.41) is 10.7. The number of rotatable bonds is 3. The van der Waals surface area contributed by atoms with E-state index in [2.05, 4.69) is 6.92 Å². The minimum absolute atomic E-state index is 0.0380. The molecule has 5 fully saturated rings. The topological polar surface area (TPSA) is 55.8 Å². The molecule has 1 heterocycles. The number of ketones is 1. The third-order valence-electron chi connectivity index (χ3n) is 9.81. The Morgan fingerprint density at radius 1 is 1.07 bits per heavy atom. The molecule has 4 aliphatic carbocycles. The Balaban J connectivity index is 1.40. The summed E-state index contributed by atoms with van der Waals surface area (Å²) in [5.41, 5.74) is 0.277. The summed E-state index contributed by atoms with van der Waals surface area (Å²) >= 11 is 0. The summed E-state index contributed by atoms with van der Waals surface area (Å²) in [7, 11) is 0. The fraction of sp³-hybridized carbons (Fsp3) is 0.958. The van der Waals surface area contributed by atoms with E-state index in [1.165, 1.54) is 32.1 Å². The lowest BCUT2D eigenvalue weighted by molar-refractivity contribution is -0.215. The van der Waals surface area contributed by atoms with Gasteiger partial charge in [0.05, 0.1) is 12.7 Å². The number of carbonyl (C=O) groups is 1. The molecule has 5 rings (SSSR count). The van der Waals surface area contributed by atoms with Gasteiger partial charge in [0, 0.05) is 24.9 Å². The Hall–Kier alpha value is -0.450. The first-order valence-electron chi connectivity index (χ1n) is 12.0. The highest BCUT2D eigenvalue weighted by Gasteiger charge is 2.61. The predicted molar refractivity (Wildman–Crippen MR) is 107 cm³/mol. The van der Waals surface area contributed by atoms with Crippen molar-refractivity contribution < 1.29 is 19.4 Å². The van der Waals surface area contributed by atoms with E-state index in [1.807, 2.05) is 0 Å². The average Bonchev–Trinajstić information content (AvgIpc) is 3.02. The normalized spacial score (nSPS) is 51.3. The largest absolute Gasteiger partial charge is 0.393 e. The summed E-state index contributed by atoms with van der Waals surface area (Å²) in [5.74, 6) is 2.98. The zero-order valence-corrected chi connectivity index (χ0v) is 17.5. The molecule has 28 heavy (non-hydrogen) atoms. The van der Waals surface area contributed by atoms with Crippen LogP contribution in [0, 0.1) is 34.5 Å². The van der Waals surface area contributed by atoms with Crippen LogP contribution in [0.25, 0.3) is 0 Å². The average molecular weight is 391 g/mol. The molecule has 1 aliphatic heterocycles. The van der Waals surface area contributed by atoms with Gasteiger partial charge in [-0.1, -0.05) is 6.92 Å². The Labute approximate surface area is 169 Å². The second-order valence-electron chi connectivity index (χ2n) is 10.9. The lowest BCUT2D eigenvalue weighted by Crippen LogP contribution is -2.57. The monoisotopic (exact) mass is 390 g/mol. The fourth-order valence-corrected chi connectivity index (χ4v) is 8.19. The van der Waals surface area contributed by atoms with E-state index in [0.717, 1.165) is 58.2 Å². The first-order valence-corrected chi connectivity index (χ1v) is 12.0. The van der Waals surface area contributed by atoms with Crippen molar-refractivity contribution in [2.24, 2.45) is 34.5 Å². The van der Waals surface area contributed by atoms with Gasteiger partial charge in [0.25, 0.3) is 0 Å². The van der Waals surface area contributed by atoms with Crippen molar-refractivity contribution in [3.63, 3.8) is 0 Å². The highest BCUT2D eigenvalue weighted by Crippen LogP contribution is 2.66. The highest BCUT2D eigenvalue weighted by atomic mass is 16.7. The lowest BCUT2D eigenvalue weighted by atomic mass is 9.45. The summed E-state index contributed by atoms with van der Waals surface area (Å²) in [6, 6.07) is 0. The molecule has 0 aromatic rings. The van der Waals surface area contributed by atoms with Crippen LogP contribution in [-0.4, -0.2) is 36.5 Å². The van der Waals surface area contributed by atoms with Crippen LogP contribution >= 0.6 is 0 Å². The van der Waals surface area contributed by atoms with Crippen molar-refractivity contribution >= 4 is 5.78 Å². The van der Waals surface area contributed by atoms with Crippen LogP contribution in [0.2, 0.25) is 0 Å². The molecule has 1 saturated heterocycles. The van der Waals surface area contributed by atoms with Crippen LogP contribution in [0.5, 0.6) is 0 Å².